The molecule has 0 N–H and O–H groups in total. The zero-order valence-corrected chi connectivity index (χ0v) is 12.5. The van der Waals surface area contributed by atoms with E-state index < -0.39 is 0 Å². The van der Waals surface area contributed by atoms with Crippen LogP contribution < -0.4 is 4.74 Å². The van der Waals surface area contributed by atoms with Gasteiger partial charge in [0.2, 0.25) is 0 Å². The predicted octanol–water partition coefficient (Wildman–Crippen LogP) is 3.91. The number of para-hydroxylation sites is 1. The van der Waals surface area contributed by atoms with Crippen molar-refractivity contribution in [1.29, 1.82) is 0 Å². The number of carbonyl (C=O) groups excluding carboxylic acids is 1. The van der Waals surface area contributed by atoms with Crippen LogP contribution in [-0.2, 0) is 9.53 Å². The Labute approximate surface area is 119 Å². The molecule has 0 unspecified atom stereocenters. The van der Waals surface area contributed by atoms with Crippen LogP contribution in [0, 0.1) is 0 Å². The highest BCUT2D eigenvalue weighted by molar-refractivity contribution is 7.99. The Morgan fingerprint density at radius 2 is 2.00 bits per heavy atom. The topological polar surface area (TPSA) is 35.5 Å². The Morgan fingerprint density at radius 3 is 2.74 bits per heavy atom. The summed E-state index contributed by atoms with van der Waals surface area (Å²) in [5.41, 5.74) is 0. The quantitative estimate of drug-likeness (QED) is 0.391. The molecule has 0 spiro atoms. The smallest absolute Gasteiger partial charge is 0.305 e. The van der Waals surface area contributed by atoms with Crippen molar-refractivity contribution in [1.82, 2.24) is 0 Å². The third-order valence-electron chi connectivity index (χ3n) is 2.66. The Kier molecular flexibility index (Phi) is 8.14. The van der Waals surface area contributed by atoms with Crippen LogP contribution in [0.5, 0.6) is 5.75 Å². The SMILES string of the molecule is CCOC(=O)CCCCCSc1ccccc1OC. The number of methoxy groups -OCH3 is 1. The molecule has 0 heterocycles. The molecule has 3 nitrogen and oxygen atoms in total. The fourth-order valence-electron chi connectivity index (χ4n) is 1.70. The third-order valence-corrected chi connectivity index (χ3v) is 3.80. The molecule has 0 saturated carbocycles. The minimum atomic E-state index is -0.0834. The normalized spacial score (nSPS) is 10.2. The maximum Gasteiger partial charge on any atom is 0.305 e. The average molecular weight is 282 g/mol. The summed E-state index contributed by atoms with van der Waals surface area (Å²) in [5.74, 6) is 1.89. The van der Waals surface area contributed by atoms with Crippen molar-refractivity contribution in [2.75, 3.05) is 19.5 Å². The molecule has 0 aromatic heterocycles. The van der Waals surface area contributed by atoms with Crippen LogP contribution in [0.25, 0.3) is 0 Å². The molecule has 0 saturated heterocycles. The lowest BCUT2D eigenvalue weighted by Gasteiger charge is -2.07. The first-order chi connectivity index (χ1) is 9.27. The lowest BCUT2D eigenvalue weighted by molar-refractivity contribution is -0.143. The monoisotopic (exact) mass is 282 g/mol. The molecule has 1 rings (SSSR count). The molecule has 0 atom stereocenters. The lowest BCUT2D eigenvalue weighted by atomic mass is 10.2. The van der Waals surface area contributed by atoms with Gasteiger partial charge in [0.05, 0.1) is 13.7 Å². The summed E-state index contributed by atoms with van der Waals surface area (Å²) in [7, 11) is 1.69. The van der Waals surface area contributed by atoms with Gasteiger partial charge in [0.25, 0.3) is 0 Å². The Bertz CT molecular complexity index is 379. The molecule has 0 aliphatic heterocycles. The molecule has 0 bridgehead atoms. The first-order valence-corrected chi connectivity index (χ1v) is 7.68. The van der Waals surface area contributed by atoms with Crippen molar-refractivity contribution < 1.29 is 14.3 Å². The average Bonchev–Trinajstić information content (AvgIpc) is 2.43. The van der Waals surface area contributed by atoms with E-state index >= 15 is 0 Å². The van der Waals surface area contributed by atoms with E-state index in [-0.39, 0.29) is 5.97 Å². The standard InChI is InChI=1S/C15H22O3S/c1-3-18-15(16)11-5-4-8-12-19-14-10-7-6-9-13(14)17-2/h6-7,9-10H,3-5,8,11-12H2,1-2H3. The summed E-state index contributed by atoms with van der Waals surface area (Å²) < 4.78 is 10.2. The van der Waals surface area contributed by atoms with Gasteiger partial charge < -0.3 is 9.47 Å². The van der Waals surface area contributed by atoms with Crippen LogP contribution in [-0.4, -0.2) is 25.4 Å². The van der Waals surface area contributed by atoms with E-state index in [9.17, 15) is 4.79 Å². The number of hydrogen-bond donors (Lipinski definition) is 0. The summed E-state index contributed by atoms with van der Waals surface area (Å²) in [6, 6.07) is 8.04. The molecular formula is C15H22O3S. The summed E-state index contributed by atoms with van der Waals surface area (Å²) in [6.45, 7) is 2.31. The number of carbonyl (C=O) groups is 1. The van der Waals surface area contributed by atoms with E-state index in [4.69, 9.17) is 9.47 Å². The highest BCUT2D eigenvalue weighted by Crippen LogP contribution is 2.29. The number of hydrogen-bond acceptors (Lipinski definition) is 4. The van der Waals surface area contributed by atoms with Gasteiger partial charge in [-0.1, -0.05) is 18.6 Å². The molecule has 0 fully saturated rings. The lowest BCUT2D eigenvalue weighted by Crippen LogP contribution is -2.03. The van der Waals surface area contributed by atoms with E-state index in [1.54, 1.807) is 18.9 Å². The summed E-state index contributed by atoms with van der Waals surface area (Å²) in [6.07, 6.45) is 3.60. The van der Waals surface area contributed by atoms with Crippen molar-refractivity contribution in [3.8, 4) is 5.75 Å². The molecule has 0 aliphatic carbocycles. The van der Waals surface area contributed by atoms with E-state index in [1.807, 2.05) is 25.1 Å². The molecule has 106 valence electrons. The Morgan fingerprint density at radius 1 is 1.21 bits per heavy atom. The van der Waals surface area contributed by atoms with Crippen molar-refractivity contribution >= 4 is 17.7 Å². The van der Waals surface area contributed by atoms with Gasteiger partial charge in [-0.15, -0.1) is 11.8 Å². The highest BCUT2D eigenvalue weighted by atomic mass is 32.2. The van der Waals surface area contributed by atoms with Crippen LogP contribution in [0.2, 0.25) is 0 Å². The molecule has 4 heteroatoms. The number of unbranched alkanes of at least 4 members (excludes halogenated alkanes) is 2. The number of rotatable bonds is 9. The fourth-order valence-corrected chi connectivity index (χ4v) is 2.74. The van der Waals surface area contributed by atoms with Crippen LogP contribution in [0.15, 0.2) is 29.2 Å². The fraction of sp³-hybridized carbons (Fsp3) is 0.533. The van der Waals surface area contributed by atoms with Crippen LogP contribution in [0.4, 0.5) is 0 Å². The number of benzene rings is 1. The molecule has 19 heavy (non-hydrogen) atoms. The van der Waals surface area contributed by atoms with E-state index in [1.165, 1.54) is 4.90 Å². The van der Waals surface area contributed by atoms with Gasteiger partial charge in [0.15, 0.2) is 0 Å². The molecule has 0 amide bonds. The highest BCUT2D eigenvalue weighted by Gasteiger charge is 2.03. The maximum atomic E-state index is 11.1. The first-order valence-electron chi connectivity index (χ1n) is 6.69. The molecule has 1 aromatic carbocycles. The number of esters is 1. The number of ether oxygens (including phenoxy) is 2. The van der Waals surface area contributed by atoms with Gasteiger partial charge in [-0.2, -0.15) is 0 Å². The second-order valence-electron chi connectivity index (χ2n) is 4.12. The molecule has 0 radical (unpaired) electrons. The zero-order chi connectivity index (χ0) is 13.9. The van der Waals surface area contributed by atoms with E-state index in [0.717, 1.165) is 30.8 Å². The van der Waals surface area contributed by atoms with Crippen LogP contribution >= 0.6 is 11.8 Å². The van der Waals surface area contributed by atoms with Gasteiger partial charge in [-0.05, 0) is 37.7 Å². The van der Waals surface area contributed by atoms with Gasteiger partial charge in [-0.25, -0.2) is 0 Å². The van der Waals surface area contributed by atoms with Gasteiger partial charge in [0, 0.05) is 11.3 Å². The molecule has 0 aliphatic rings. The van der Waals surface area contributed by atoms with Crippen molar-refractivity contribution in [2.45, 2.75) is 37.5 Å². The van der Waals surface area contributed by atoms with Gasteiger partial charge >= 0.3 is 5.97 Å². The maximum absolute atomic E-state index is 11.1. The second-order valence-corrected chi connectivity index (χ2v) is 5.25. The zero-order valence-electron chi connectivity index (χ0n) is 11.7. The molecular weight excluding hydrogens is 260 g/mol. The Hall–Kier alpha value is -1.16. The minimum absolute atomic E-state index is 0.0834. The third kappa shape index (κ3) is 6.53. The Balaban J connectivity index is 2.12. The number of thioether (sulfide) groups is 1. The van der Waals surface area contributed by atoms with Gasteiger partial charge in [0.1, 0.15) is 5.75 Å². The van der Waals surface area contributed by atoms with Crippen molar-refractivity contribution in [3.63, 3.8) is 0 Å². The largest absolute Gasteiger partial charge is 0.496 e. The summed E-state index contributed by atoms with van der Waals surface area (Å²) >= 11 is 1.80. The van der Waals surface area contributed by atoms with Crippen molar-refractivity contribution in [3.05, 3.63) is 24.3 Å². The second kappa shape index (κ2) is 9.73. The first kappa shape index (κ1) is 15.9. The van der Waals surface area contributed by atoms with Crippen LogP contribution in [0.1, 0.15) is 32.6 Å². The van der Waals surface area contributed by atoms with Crippen LogP contribution in [0.3, 0.4) is 0 Å². The summed E-state index contributed by atoms with van der Waals surface area (Å²) in [5, 5.41) is 0. The predicted molar refractivity (Wildman–Crippen MR) is 78.8 cm³/mol. The van der Waals surface area contributed by atoms with Gasteiger partial charge in [-0.3, -0.25) is 4.79 Å². The van der Waals surface area contributed by atoms with E-state index in [2.05, 4.69) is 6.07 Å². The van der Waals surface area contributed by atoms with E-state index in [0.29, 0.717) is 13.0 Å². The molecule has 1 aromatic rings. The van der Waals surface area contributed by atoms with Crippen molar-refractivity contribution in [2.24, 2.45) is 0 Å². The summed E-state index contributed by atoms with van der Waals surface area (Å²) in [4.78, 5) is 12.3. The minimum Gasteiger partial charge on any atom is -0.496 e.